The first kappa shape index (κ1) is 13.4. The highest BCUT2D eigenvalue weighted by Crippen LogP contribution is 2.28. The predicted octanol–water partition coefficient (Wildman–Crippen LogP) is -0.189. The number of hydrogen-bond acceptors (Lipinski definition) is 6. The van der Waals surface area contributed by atoms with Crippen molar-refractivity contribution < 1.29 is 18.3 Å². The summed E-state index contributed by atoms with van der Waals surface area (Å²) in [7, 11) is -3.76. The van der Waals surface area contributed by atoms with Gasteiger partial charge in [0.2, 0.25) is 0 Å². The number of thiazole rings is 1. The Morgan fingerprint density at radius 3 is 2.94 bits per heavy atom. The highest BCUT2D eigenvalue weighted by Gasteiger charge is 2.35. The molecule has 0 saturated carbocycles. The molecule has 0 spiro atoms. The Balaban J connectivity index is 2.32. The smallest absolute Gasteiger partial charge is 0.356 e. The second kappa shape index (κ2) is 4.92. The summed E-state index contributed by atoms with van der Waals surface area (Å²) in [6.07, 6.45) is 0.705. The van der Waals surface area contributed by atoms with Crippen LogP contribution in [0, 0.1) is 5.92 Å². The van der Waals surface area contributed by atoms with Crippen molar-refractivity contribution in [2.45, 2.75) is 10.6 Å². The molecule has 18 heavy (non-hydrogen) atoms. The zero-order valence-electron chi connectivity index (χ0n) is 9.44. The fraction of sp³-hybridized carbons (Fsp3) is 0.556. The van der Waals surface area contributed by atoms with Gasteiger partial charge in [0, 0.05) is 13.1 Å². The number of carboxylic acids is 1. The topological polar surface area (TPSA) is 114 Å². The lowest BCUT2D eigenvalue weighted by Crippen LogP contribution is -2.30. The van der Waals surface area contributed by atoms with Gasteiger partial charge in [0.05, 0.1) is 5.51 Å². The Labute approximate surface area is 108 Å². The lowest BCUT2D eigenvalue weighted by molar-refractivity contribution is 0.0687. The van der Waals surface area contributed by atoms with Crippen LogP contribution in [0.1, 0.15) is 16.9 Å². The Bertz CT molecular complexity index is 554. The molecular formula is C9H13N3O4S2. The number of hydrogen-bond donors (Lipinski definition) is 2. The van der Waals surface area contributed by atoms with Crippen LogP contribution in [-0.4, -0.2) is 48.4 Å². The minimum absolute atomic E-state index is 0.140. The van der Waals surface area contributed by atoms with Gasteiger partial charge in [0.25, 0.3) is 10.0 Å². The van der Waals surface area contributed by atoms with Gasteiger partial charge in [0.1, 0.15) is 0 Å². The van der Waals surface area contributed by atoms with Crippen LogP contribution in [-0.2, 0) is 10.0 Å². The van der Waals surface area contributed by atoms with Crippen LogP contribution in [0.4, 0.5) is 0 Å². The fourth-order valence-electron chi connectivity index (χ4n) is 1.89. The molecule has 9 heteroatoms. The molecule has 2 heterocycles. The van der Waals surface area contributed by atoms with Crippen LogP contribution in [0.3, 0.4) is 0 Å². The van der Waals surface area contributed by atoms with E-state index in [2.05, 4.69) is 4.98 Å². The summed E-state index contributed by atoms with van der Waals surface area (Å²) < 4.78 is 25.6. The fourth-order valence-corrected chi connectivity index (χ4v) is 4.69. The average Bonchev–Trinajstić information content (AvgIpc) is 2.98. The summed E-state index contributed by atoms with van der Waals surface area (Å²) in [5, 5.41) is 8.90. The van der Waals surface area contributed by atoms with Gasteiger partial charge in [-0.3, -0.25) is 0 Å². The zero-order valence-corrected chi connectivity index (χ0v) is 11.1. The maximum atomic E-state index is 12.3. The Morgan fingerprint density at radius 1 is 1.67 bits per heavy atom. The third-order valence-corrected chi connectivity index (χ3v) is 6.11. The Morgan fingerprint density at radius 2 is 2.39 bits per heavy atom. The molecule has 1 aromatic heterocycles. The van der Waals surface area contributed by atoms with Crippen molar-refractivity contribution in [1.29, 1.82) is 0 Å². The van der Waals surface area contributed by atoms with Gasteiger partial charge in [-0.2, -0.15) is 4.31 Å². The van der Waals surface area contributed by atoms with Gasteiger partial charge in [0.15, 0.2) is 9.90 Å². The first-order chi connectivity index (χ1) is 8.46. The van der Waals surface area contributed by atoms with Crippen molar-refractivity contribution in [2.24, 2.45) is 11.7 Å². The Hall–Kier alpha value is -1.03. The lowest BCUT2D eigenvalue weighted by atomic mass is 10.1. The standard InChI is InChI=1S/C9H13N3O4S2/c10-3-6-1-2-12(4-6)18(15,16)9-7(8(13)14)11-5-17-9/h5-6H,1-4,10H2,(H,13,14). The largest absolute Gasteiger partial charge is 0.476 e. The van der Waals surface area contributed by atoms with Crippen molar-refractivity contribution in [3.05, 3.63) is 11.2 Å². The minimum atomic E-state index is -3.76. The van der Waals surface area contributed by atoms with E-state index in [1.807, 2.05) is 0 Å². The molecule has 0 amide bonds. The van der Waals surface area contributed by atoms with Crippen LogP contribution >= 0.6 is 11.3 Å². The van der Waals surface area contributed by atoms with E-state index in [4.69, 9.17) is 10.8 Å². The molecule has 100 valence electrons. The van der Waals surface area contributed by atoms with E-state index in [9.17, 15) is 13.2 Å². The van der Waals surface area contributed by atoms with Gasteiger partial charge in [-0.15, -0.1) is 11.3 Å². The number of rotatable bonds is 4. The van der Waals surface area contributed by atoms with Gasteiger partial charge < -0.3 is 10.8 Å². The summed E-state index contributed by atoms with van der Waals surface area (Å²) in [5.41, 5.74) is 6.33. The summed E-state index contributed by atoms with van der Waals surface area (Å²) in [6, 6.07) is 0. The maximum absolute atomic E-state index is 12.3. The van der Waals surface area contributed by atoms with E-state index in [1.165, 1.54) is 9.82 Å². The van der Waals surface area contributed by atoms with Gasteiger partial charge in [-0.05, 0) is 18.9 Å². The van der Waals surface area contributed by atoms with Gasteiger partial charge in [-0.1, -0.05) is 0 Å². The molecule has 1 aliphatic heterocycles. The molecule has 1 unspecified atom stereocenters. The molecule has 1 aromatic rings. The molecule has 1 fully saturated rings. The highest BCUT2D eigenvalue weighted by atomic mass is 32.2. The van der Waals surface area contributed by atoms with Gasteiger partial charge in [-0.25, -0.2) is 18.2 Å². The van der Waals surface area contributed by atoms with Crippen LogP contribution in [0.2, 0.25) is 0 Å². The van der Waals surface area contributed by atoms with Gasteiger partial charge >= 0.3 is 5.97 Å². The van der Waals surface area contributed by atoms with Crippen molar-refractivity contribution in [3.63, 3.8) is 0 Å². The summed E-state index contributed by atoms with van der Waals surface area (Å²) in [4.78, 5) is 14.5. The zero-order chi connectivity index (χ0) is 13.3. The van der Waals surface area contributed by atoms with Crippen molar-refractivity contribution >= 4 is 27.3 Å². The quantitative estimate of drug-likeness (QED) is 0.795. The normalized spacial score (nSPS) is 21.3. The van der Waals surface area contributed by atoms with Crippen LogP contribution in [0.15, 0.2) is 9.72 Å². The van der Waals surface area contributed by atoms with Crippen LogP contribution in [0.5, 0.6) is 0 Å². The first-order valence-electron chi connectivity index (χ1n) is 5.33. The minimum Gasteiger partial charge on any atom is -0.476 e. The Kier molecular flexibility index (Phi) is 3.66. The van der Waals surface area contributed by atoms with Crippen molar-refractivity contribution in [2.75, 3.05) is 19.6 Å². The molecule has 3 N–H and O–H groups in total. The number of aromatic carboxylic acids is 1. The first-order valence-corrected chi connectivity index (χ1v) is 7.65. The number of carboxylic acid groups (broad SMARTS) is 1. The van der Waals surface area contributed by atoms with Crippen LogP contribution in [0.25, 0.3) is 0 Å². The van der Waals surface area contributed by atoms with E-state index in [1.54, 1.807) is 0 Å². The van der Waals surface area contributed by atoms with Crippen LogP contribution < -0.4 is 5.73 Å². The molecule has 1 atom stereocenters. The summed E-state index contributed by atoms with van der Waals surface area (Å²) in [6.45, 7) is 1.15. The molecule has 1 aliphatic rings. The van der Waals surface area contributed by atoms with E-state index < -0.39 is 21.7 Å². The van der Waals surface area contributed by atoms with E-state index in [0.29, 0.717) is 26.1 Å². The second-order valence-electron chi connectivity index (χ2n) is 4.05. The molecule has 0 bridgehead atoms. The number of sulfonamides is 1. The lowest BCUT2D eigenvalue weighted by Gasteiger charge is -2.15. The maximum Gasteiger partial charge on any atom is 0.356 e. The third-order valence-electron chi connectivity index (χ3n) is 2.89. The highest BCUT2D eigenvalue weighted by molar-refractivity contribution is 7.91. The van der Waals surface area contributed by atoms with E-state index in [0.717, 1.165) is 11.3 Å². The van der Waals surface area contributed by atoms with E-state index >= 15 is 0 Å². The molecule has 2 rings (SSSR count). The molecule has 7 nitrogen and oxygen atoms in total. The molecule has 0 aliphatic carbocycles. The van der Waals surface area contributed by atoms with Crippen molar-refractivity contribution in [1.82, 2.24) is 9.29 Å². The summed E-state index contributed by atoms with van der Waals surface area (Å²) >= 11 is 0.828. The average molecular weight is 291 g/mol. The predicted molar refractivity (Wildman–Crippen MR) is 65.0 cm³/mol. The second-order valence-corrected chi connectivity index (χ2v) is 7.03. The monoisotopic (exact) mass is 291 g/mol. The molecular weight excluding hydrogens is 278 g/mol. The molecule has 1 saturated heterocycles. The van der Waals surface area contributed by atoms with Crippen molar-refractivity contribution in [3.8, 4) is 0 Å². The SMILES string of the molecule is NCC1CCN(S(=O)(=O)c2scnc2C(=O)O)C1. The molecule has 0 aromatic carbocycles. The number of nitrogens with zero attached hydrogens (tertiary/aromatic N) is 2. The number of carbonyl (C=O) groups is 1. The number of nitrogens with two attached hydrogens (primary N) is 1. The van der Waals surface area contributed by atoms with E-state index in [-0.39, 0.29) is 10.1 Å². The third kappa shape index (κ3) is 2.26. The number of aromatic nitrogens is 1. The molecule has 0 radical (unpaired) electrons. The summed E-state index contributed by atoms with van der Waals surface area (Å²) in [5.74, 6) is -1.19.